The van der Waals surface area contributed by atoms with Crippen LogP contribution in [0.2, 0.25) is 0 Å². The third-order valence-electron chi connectivity index (χ3n) is 3.63. The lowest BCUT2D eigenvalue weighted by atomic mass is 10.1. The van der Waals surface area contributed by atoms with Gasteiger partial charge in [-0.2, -0.15) is 4.98 Å². The molecule has 0 amide bonds. The molecule has 0 aliphatic heterocycles. The highest BCUT2D eigenvalue weighted by atomic mass is 15.1. The normalized spacial score (nSPS) is 10.4. The summed E-state index contributed by atoms with van der Waals surface area (Å²) in [6, 6.07) is 20.3. The maximum absolute atomic E-state index is 4.67. The van der Waals surface area contributed by atoms with Gasteiger partial charge in [-0.15, -0.1) is 0 Å². The van der Waals surface area contributed by atoms with E-state index in [-0.39, 0.29) is 0 Å². The van der Waals surface area contributed by atoms with Crippen molar-refractivity contribution in [3.05, 3.63) is 66.2 Å². The largest absolute Gasteiger partial charge is 0.370 e. The minimum absolute atomic E-state index is 0.598. The van der Waals surface area contributed by atoms with E-state index in [0.717, 1.165) is 35.7 Å². The summed E-state index contributed by atoms with van der Waals surface area (Å²) in [6.45, 7) is 5.09. The summed E-state index contributed by atoms with van der Waals surface area (Å²) in [5, 5.41) is 6.66. The van der Waals surface area contributed by atoms with Gasteiger partial charge in [0, 0.05) is 23.9 Å². The SMILES string of the molecule is CCCNc1cc(-c2ccccc2)nc(Nc2cccc(C)c2)n1. The average molecular weight is 318 g/mol. The van der Waals surface area contributed by atoms with Gasteiger partial charge < -0.3 is 10.6 Å². The molecule has 0 saturated heterocycles. The molecule has 3 rings (SSSR count). The summed E-state index contributed by atoms with van der Waals surface area (Å²) in [7, 11) is 0. The number of nitrogens with one attached hydrogen (secondary N) is 2. The predicted molar refractivity (Wildman–Crippen MR) is 101 cm³/mol. The Bertz CT molecular complexity index is 800. The zero-order valence-corrected chi connectivity index (χ0v) is 14.1. The van der Waals surface area contributed by atoms with Crippen LogP contribution in [0.15, 0.2) is 60.7 Å². The van der Waals surface area contributed by atoms with Crippen LogP contribution in [-0.4, -0.2) is 16.5 Å². The van der Waals surface area contributed by atoms with Gasteiger partial charge in [-0.25, -0.2) is 4.98 Å². The van der Waals surface area contributed by atoms with Crippen LogP contribution in [0, 0.1) is 6.92 Å². The first kappa shape index (κ1) is 16.0. The Morgan fingerprint density at radius 3 is 2.50 bits per heavy atom. The van der Waals surface area contributed by atoms with Crippen molar-refractivity contribution in [1.82, 2.24) is 9.97 Å². The van der Waals surface area contributed by atoms with Gasteiger partial charge >= 0.3 is 0 Å². The second-order valence-electron chi connectivity index (χ2n) is 5.75. The number of rotatable bonds is 6. The Labute approximate surface area is 143 Å². The molecular weight excluding hydrogens is 296 g/mol. The summed E-state index contributed by atoms with van der Waals surface area (Å²) in [5.41, 5.74) is 4.16. The van der Waals surface area contributed by atoms with Crippen LogP contribution in [0.25, 0.3) is 11.3 Å². The van der Waals surface area contributed by atoms with E-state index >= 15 is 0 Å². The van der Waals surface area contributed by atoms with Crippen LogP contribution in [0.3, 0.4) is 0 Å². The second-order valence-corrected chi connectivity index (χ2v) is 5.75. The van der Waals surface area contributed by atoms with E-state index in [1.54, 1.807) is 0 Å². The van der Waals surface area contributed by atoms with E-state index in [2.05, 4.69) is 58.7 Å². The van der Waals surface area contributed by atoms with E-state index in [1.807, 2.05) is 36.4 Å². The van der Waals surface area contributed by atoms with Crippen LogP contribution < -0.4 is 10.6 Å². The molecule has 0 radical (unpaired) electrons. The van der Waals surface area contributed by atoms with Crippen LogP contribution >= 0.6 is 0 Å². The number of aryl methyl sites for hydroxylation is 1. The molecule has 0 saturated carbocycles. The zero-order valence-electron chi connectivity index (χ0n) is 14.1. The molecule has 1 aromatic heterocycles. The van der Waals surface area contributed by atoms with Gasteiger partial charge in [0.05, 0.1) is 5.69 Å². The molecule has 0 bridgehead atoms. The number of nitrogens with zero attached hydrogens (tertiary/aromatic N) is 2. The molecular formula is C20H22N4. The van der Waals surface area contributed by atoms with E-state index in [4.69, 9.17) is 0 Å². The van der Waals surface area contributed by atoms with Gasteiger partial charge in [0.15, 0.2) is 0 Å². The highest BCUT2D eigenvalue weighted by Gasteiger charge is 2.07. The van der Waals surface area contributed by atoms with Crippen molar-refractivity contribution in [3.63, 3.8) is 0 Å². The molecule has 24 heavy (non-hydrogen) atoms. The molecule has 4 nitrogen and oxygen atoms in total. The van der Waals surface area contributed by atoms with Crippen molar-refractivity contribution in [2.24, 2.45) is 0 Å². The Kier molecular flexibility index (Phi) is 5.06. The molecule has 0 fully saturated rings. The van der Waals surface area contributed by atoms with E-state index in [1.165, 1.54) is 5.56 Å². The minimum Gasteiger partial charge on any atom is -0.370 e. The molecule has 0 aliphatic carbocycles. The third-order valence-corrected chi connectivity index (χ3v) is 3.63. The highest BCUT2D eigenvalue weighted by Crippen LogP contribution is 2.23. The molecule has 0 spiro atoms. The third kappa shape index (κ3) is 4.10. The lowest BCUT2D eigenvalue weighted by Gasteiger charge is -2.11. The van der Waals surface area contributed by atoms with Gasteiger partial charge in [-0.3, -0.25) is 0 Å². The van der Waals surface area contributed by atoms with Crippen molar-refractivity contribution < 1.29 is 0 Å². The van der Waals surface area contributed by atoms with Crippen molar-refractivity contribution in [1.29, 1.82) is 0 Å². The molecule has 122 valence electrons. The fraction of sp³-hybridized carbons (Fsp3) is 0.200. The monoisotopic (exact) mass is 318 g/mol. The molecule has 2 aromatic carbocycles. The van der Waals surface area contributed by atoms with E-state index in [9.17, 15) is 0 Å². The van der Waals surface area contributed by atoms with E-state index in [0.29, 0.717) is 5.95 Å². The Hall–Kier alpha value is -2.88. The topological polar surface area (TPSA) is 49.8 Å². The lowest BCUT2D eigenvalue weighted by Crippen LogP contribution is -2.06. The summed E-state index contributed by atoms with van der Waals surface area (Å²) in [6.07, 6.45) is 1.05. The first-order chi connectivity index (χ1) is 11.7. The zero-order chi connectivity index (χ0) is 16.8. The summed E-state index contributed by atoms with van der Waals surface area (Å²) in [5.74, 6) is 1.43. The Balaban J connectivity index is 1.95. The van der Waals surface area contributed by atoms with Gasteiger partial charge in [-0.05, 0) is 31.0 Å². The summed E-state index contributed by atoms with van der Waals surface area (Å²) in [4.78, 5) is 9.26. The summed E-state index contributed by atoms with van der Waals surface area (Å²) < 4.78 is 0. The fourth-order valence-corrected chi connectivity index (χ4v) is 2.46. The van der Waals surface area contributed by atoms with E-state index < -0.39 is 0 Å². The number of anilines is 3. The van der Waals surface area contributed by atoms with Gasteiger partial charge in [0.25, 0.3) is 0 Å². The smallest absolute Gasteiger partial charge is 0.229 e. The number of hydrogen-bond donors (Lipinski definition) is 2. The molecule has 2 N–H and O–H groups in total. The maximum Gasteiger partial charge on any atom is 0.229 e. The standard InChI is InChI=1S/C20H22N4/c1-3-12-21-19-14-18(16-9-5-4-6-10-16)23-20(24-19)22-17-11-7-8-15(2)13-17/h4-11,13-14H,3,12H2,1-2H3,(H2,21,22,23,24). The molecule has 0 atom stereocenters. The van der Waals surface area contributed by atoms with Crippen molar-refractivity contribution in [2.75, 3.05) is 17.2 Å². The molecule has 4 heteroatoms. The Morgan fingerprint density at radius 2 is 1.75 bits per heavy atom. The molecule has 0 aliphatic rings. The van der Waals surface area contributed by atoms with Crippen molar-refractivity contribution in [3.8, 4) is 11.3 Å². The van der Waals surface area contributed by atoms with Crippen molar-refractivity contribution >= 4 is 17.5 Å². The number of aromatic nitrogens is 2. The first-order valence-electron chi connectivity index (χ1n) is 8.26. The first-order valence-corrected chi connectivity index (χ1v) is 8.26. The summed E-state index contributed by atoms with van der Waals surface area (Å²) >= 11 is 0. The molecule has 3 aromatic rings. The van der Waals surface area contributed by atoms with Gasteiger partial charge in [0.2, 0.25) is 5.95 Å². The fourth-order valence-electron chi connectivity index (χ4n) is 2.46. The molecule has 1 heterocycles. The minimum atomic E-state index is 0.598. The van der Waals surface area contributed by atoms with Gasteiger partial charge in [0.1, 0.15) is 5.82 Å². The van der Waals surface area contributed by atoms with Gasteiger partial charge in [-0.1, -0.05) is 49.4 Å². The second kappa shape index (κ2) is 7.59. The Morgan fingerprint density at radius 1 is 0.917 bits per heavy atom. The average Bonchev–Trinajstić information content (AvgIpc) is 2.60. The van der Waals surface area contributed by atoms with Crippen LogP contribution in [0.5, 0.6) is 0 Å². The van der Waals surface area contributed by atoms with Crippen LogP contribution in [0.1, 0.15) is 18.9 Å². The van der Waals surface area contributed by atoms with Crippen LogP contribution in [0.4, 0.5) is 17.5 Å². The highest BCUT2D eigenvalue weighted by molar-refractivity contribution is 5.66. The lowest BCUT2D eigenvalue weighted by molar-refractivity contribution is 0.966. The predicted octanol–water partition coefficient (Wildman–Crippen LogP) is 5.02. The maximum atomic E-state index is 4.67. The molecule has 0 unspecified atom stereocenters. The number of hydrogen-bond acceptors (Lipinski definition) is 4. The quantitative estimate of drug-likeness (QED) is 0.670. The van der Waals surface area contributed by atoms with Crippen molar-refractivity contribution in [2.45, 2.75) is 20.3 Å². The number of benzene rings is 2. The van der Waals surface area contributed by atoms with Crippen LogP contribution in [-0.2, 0) is 0 Å².